The molecule has 1 heterocycles. The lowest BCUT2D eigenvalue weighted by atomic mass is 9.92. The molecule has 1 aromatic rings. The molecule has 0 bridgehead atoms. The second-order valence-corrected chi connectivity index (χ2v) is 5.80. The number of rotatable bonds is 7. The Hall–Kier alpha value is -2.12. The van der Waals surface area contributed by atoms with E-state index in [1.807, 2.05) is 0 Å². The summed E-state index contributed by atoms with van der Waals surface area (Å²) in [6.45, 7) is 5.80. The fourth-order valence-electron chi connectivity index (χ4n) is 2.23. The highest BCUT2D eigenvalue weighted by atomic mass is 16.4. The molecule has 0 atom stereocenters. The number of carboxylic acids is 1. The van der Waals surface area contributed by atoms with E-state index in [1.165, 1.54) is 23.7 Å². The van der Waals surface area contributed by atoms with Crippen LogP contribution in [0.25, 0.3) is 0 Å². The number of nitrogens with zero attached hydrogens (tertiary/aromatic N) is 3. The molecule has 1 aliphatic carbocycles. The summed E-state index contributed by atoms with van der Waals surface area (Å²) < 4.78 is 1.39. The van der Waals surface area contributed by atoms with Gasteiger partial charge in [0.2, 0.25) is 0 Å². The Kier molecular flexibility index (Phi) is 4.44. The fraction of sp³-hybridized carbons (Fsp3) is 0.692. The molecule has 2 rings (SSSR count). The maximum Gasteiger partial charge on any atom is 0.358 e. The first-order valence-corrected chi connectivity index (χ1v) is 7.08. The lowest BCUT2D eigenvalue weighted by Crippen LogP contribution is -2.41. The van der Waals surface area contributed by atoms with Gasteiger partial charge in [-0.2, -0.15) is 0 Å². The van der Waals surface area contributed by atoms with E-state index < -0.39 is 5.97 Å². The minimum Gasteiger partial charge on any atom is -0.476 e. The third kappa shape index (κ3) is 3.93. The van der Waals surface area contributed by atoms with Crippen molar-refractivity contribution < 1.29 is 14.7 Å². The Labute approximate surface area is 122 Å². The lowest BCUT2D eigenvalue weighted by Gasteiger charge is -2.20. The Morgan fingerprint density at radius 2 is 2.14 bits per heavy atom. The summed E-state index contributed by atoms with van der Waals surface area (Å²) in [6.07, 6.45) is 3.67. The van der Waals surface area contributed by atoms with Crippen molar-refractivity contribution in [3.8, 4) is 0 Å². The first kappa shape index (κ1) is 15.3. The molecule has 2 amide bonds. The highest BCUT2D eigenvalue weighted by Crippen LogP contribution is 2.51. The standard InChI is InChI=1S/C13H21N5O3/c1-9(2)13(3-4-13)8-15-12(21)14-5-6-18-7-10(11(19)20)16-17-18/h7,9H,3-6,8H2,1-2H3,(H,19,20)(H2,14,15,21). The van der Waals surface area contributed by atoms with E-state index >= 15 is 0 Å². The number of nitrogens with one attached hydrogen (secondary N) is 2. The van der Waals surface area contributed by atoms with Crippen molar-refractivity contribution in [1.29, 1.82) is 0 Å². The largest absolute Gasteiger partial charge is 0.476 e. The molecular formula is C13H21N5O3. The van der Waals surface area contributed by atoms with Crippen LogP contribution in [-0.2, 0) is 6.54 Å². The van der Waals surface area contributed by atoms with Crippen LogP contribution < -0.4 is 10.6 Å². The fourth-order valence-corrected chi connectivity index (χ4v) is 2.23. The Morgan fingerprint density at radius 1 is 1.43 bits per heavy atom. The Morgan fingerprint density at radius 3 is 2.67 bits per heavy atom. The zero-order chi connectivity index (χ0) is 15.5. The molecular weight excluding hydrogens is 274 g/mol. The Balaban J connectivity index is 1.66. The third-order valence-electron chi connectivity index (χ3n) is 4.10. The molecule has 116 valence electrons. The first-order valence-electron chi connectivity index (χ1n) is 7.08. The third-order valence-corrected chi connectivity index (χ3v) is 4.10. The van der Waals surface area contributed by atoms with Crippen LogP contribution in [0.2, 0.25) is 0 Å². The van der Waals surface area contributed by atoms with Crippen LogP contribution in [-0.4, -0.2) is 45.2 Å². The van der Waals surface area contributed by atoms with Gasteiger partial charge >= 0.3 is 12.0 Å². The van der Waals surface area contributed by atoms with Crippen LogP contribution in [0.15, 0.2) is 6.20 Å². The summed E-state index contributed by atoms with van der Waals surface area (Å²) >= 11 is 0. The van der Waals surface area contributed by atoms with Gasteiger partial charge in [0.05, 0.1) is 12.7 Å². The molecule has 8 heteroatoms. The zero-order valence-electron chi connectivity index (χ0n) is 12.3. The van der Waals surface area contributed by atoms with Crippen molar-refractivity contribution >= 4 is 12.0 Å². The van der Waals surface area contributed by atoms with Gasteiger partial charge < -0.3 is 15.7 Å². The number of aromatic nitrogens is 3. The second kappa shape index (κ2) is 6.11. The normalized spacial score (nSPS) is 15.8. The van der Waals surface area contributed by atoms with E-state index in [0.717, 1.165) is 0 Å². The van der Waals surface area contributed by atoms with Gasteiger partial charge in [0.1, 0.15) is 0 Å². The number of urea groups is 1. The molecule has 8 nitrogen and oxygen atoms in total. The van der Waals surface area contributed by atoms with Gasteiger partial charge in [0, 0.05) is 13.1 Å². The predicted molar refractivity (Wildman–Crippen MR) is 74.9 cm³/mol. The number of hydrogen-bond donors (Lipinski definition) is 3. The lowest BCUT2D eigenvalue weighted by molar-refractivity contribution is 0.0690. The molecule has 0 unspecified atom stereocenters. The number of carbonyl (C=O) groups is 2. The van der Waals surface area contributed by atoms with Crippen LogP contribution in [0.4, 0.5) is 4.79 Å². The number of amides is 2. The minimum atomic E-state index is -1.12. The van der Waals surface area contributed by atoms with Crippen molar-refractivity contribution in [1.82, 2.24) is 25.6 Å². The number of aromatic carboxylic acids is 1. The molecule has 0 aromatic carbocycles. The highest BCUT2D eigenvalue weighted by Gasteiger charge is 2.45. The van der Waals surface area contributed by atoms with E-state index in [-0.39, 0.29) is 17.1 Å². The van der Waals surface area contributed by atoms with Gasteiger partial charge in [0.15, 0.2) is 5.69 Å². The summed E-state index contributed by atoms with van der Waals surface area (Å²) in [5, 5.41) is 21.5. The molecule has 3 N–H and O–H groups in total. The predicted octanol–water partition coefficient (Wildman–Crippen LogP) is 0.712. The van der Waals surface area contributed by atoms with Crippen LogP contribution in [0, 0.1) is 11.3 Å². The van der Waals surface area contributed by atoms with Crippen LogP contribution in [0.1, 0.15) is 37.2 Å². The maximum absolute atomic E-state index is 11.7. The minimum absolute atomic E-state index is 0.105. The van der Waals surface area contributed by atoms with Crippen LogP contribution in [0.5, 0.6) is 0 Å². The van der Waals surface area contributed by atoms with E-state index in [4.69, 9.17) is 5.11 Å². The topological polar surface area (TPSA) is 109 Å². The molecule has 21 heavy (non-hydrogen) atoms. The molecule has 0 aliphatic heterocycles. The number of carbonyl (C=O) groups excluding carboxylic acids is 1. The summed E-state index contributed by atoms with van der Waals surface area (Å²) in [5.41, 5.74) is 0.173. The molecule has 1 aromatic heterocycles. The van der Waals surface area contributed by atoms with Gasteiger partial charge in [-0.25, -0.2) is 14.3 Å². The number of hydrogen-bond acceptors (Lipinski definition) is 4. The van der Waals surface area contributed by atoms with Gasteiger partial charge in [0.25, 0.3) is 0 Å². The molecule has 0 spiro atoms. The average molecular weight is 295 g/mol. The monoisotopic (exact) mass is 295 g/mol. The smallest absolute Gasteiger partial charge is 0.358 e. The zero-order valence-corrected chi connectivity index (χ0v) is 12.3. The van der Waals surface area contributed by atoms with Gasteiger partial charge in [-0.3, -0.25) is 0 Å². The van der Waals surface area contributed by atoms with Crippen molar-refractivity contribution in [2.24, 2.45) is 11.3 Å². The van der Waals surface area contributed by atoms with Crippen LogP contribution in [0.3, 0.4) is 0 Å². The van der Waals surface area contributed by atoms with Crippen LogP contribution >= 0.6 is 0 Å². The van der Waals surface area contributed by atoms with E-state index in [1.54, 1.807) is 0 Å². The summed E-state index contributed by atoms with van der Waals surface area (Å²) in [6, 6.07) is -0.208. The molecule has 0 radical (unpaired) electrons. The first-order chi connectivity index (χ1) is 9.93. The van der Waals surface area contributed by atoms with E-state index in [0.29, 0.717) is 25.6 Å². The van der Waals surface area contributed by atoms with Crippen molar-refractivity contribution in [2.45, 2.75) is 33.2 Å². The Bertz CT molecular complexity index is 522. The average Bonchev–Trinajstić information content (AvgIpc) is 3.08. The maximum atomic E-state index is 11.7. The van der Waals surface area contributed by atoms with Crippen molar-refractivity contribution in [3.05, 3.63) is 11.9 Å². The van der Waals surface area contributed by atoms with Gasteiger partial charge in [-0.1, -0.05) is 19.1 Å². The summed E-state index contributed by atoms with van der Waals surface area (Å²) in [4.78, 5) is 22.3. The summed E-state index contributed by atoms with van der Waals surface area (Å²) in [7, 11) is 0. The van der Waals surface area contributed by atoms with Gasteiger partial charge in [-0.15, -0.1) is 5.10 Å². The molecule has 1 saturated carbocycles. The van der Waals surface area contributed by atoms with Crippen molar-refractivity contribution in [3.63, 3.8) is 0 Å². The molecule has 0 saturated heterocycles. The SMILES string of the molecule is CC(C)C1(CNC(=O)NCCn2cc(C(=O)O)nn2)CC1. The number of carboxylic acid groups (broad SMARTS) is 1. The quantitative estimate of drug-likeness (QED) is 0.686. The molecule has 1 aliphatic rings. The van der Waals surface area contributed by atoms with E-state index in [2.05, 4.69) is 34.8 Å². The second-order valence-electron chi connectivity index (χ2n) is 5.80. The van der Waals surface area contributed by atoms with Gasteiger partial charge in [-0.05, 0) is 24.2 Å². The highest BCUT2D eigenvalue weighted by molar-refractivity contribution is 5.84. The molecule has 1 fully saturated rings. The summed E-state index contributed by atoms with van der Waals surface area (Å²) in [5.74, 6) is -0.544. The van der Waals surface area contributed by atoms with Crippen molar-refractivity contribution in [2.75, 3.05) is 13.1 Å². The van der Waals surface area contributed by atoms with E-state index in [9.17, 15) is 9.59 Å².